The molecular weight excluding hydrogens is 394 g/mol. The zero-order valence-corrected chi connectivity index (χ0v) is 17.2. The van der Waals surface area contributed by atoms with E-state index >= 15 is 0 Å². The van der Waals surface area contributed by atoms with Crippen LogP contribution in [0.1, 0.15) is 31.4 Å². The van der Waals surface area contributed by atoms with Crippen LogP contribution in [0, 0.1) is 11.8 Å². The molecule has 0 spiro atoms. The zero-order valence-electron chi connectivity index (χ0n) is 16.4. The van der Waals surface area contributed by atoms with Crippen LogP contribution in [-0.2, 0) is 14.3 Å². The van der Waals surface area contributed by atoms with Crippen molar-refractivity contribution >= 4 is 23.3 Å². The van der Waals surface area contributed by atoms with Gasteiger partial charge in [-0.1, -0.05) is 19.1 Å². The third kappa shape index (κ3) is 3.10. The average Bonchev–Trinajstić information content (AvgIpc) is 2.97. The highest BCUT2D eigenvalue weighted by atomic mass is 35.5. The molecule has 0 radical (unpaired) electrons. The van der Waals surface area contributed by atoms with E-state index in [1.807, 2.05) is 6.92 Å². The van der Waals surface area contributed by atoms with Gasteiger partial charge < -0.3 is 19.5 Å². The normalized spacial score (nSPS) is 31.3. The summed E-state index contributed by atoms with van der Waals surface area (Å²) in [6, 6.07) is 4.21. The van der Waals surface area contributed by atoms with Gasteiger partial charge in [-0.15, -0.1) is 18.2 Å². The van der Waals surface area contributed by atoms with Crippen molar-refractivity contribution in [3.05, 3.63) is 47.7 Å². The van der Waals surface area contributed by atoms with Gasteiger partial charge in [0.25, 0.3) is 5.91 Å². The average molecular weight is 418 g/mol. The number of rotatable bonds is 4. The lowest BCUT2D eigenvalue weighted by Gasteiger charge is -2.40. The molecule has 5 unspecified atom stereocenters. The number of carbonyl (C=O) groups is 2. The zero-order chi connectivity index (χ0) is 20.9. The molecule has 1 aliphatic carbocycles. The Hall–Kier alpha value is -2.47. The Morgan fingerprint density at radius 2 is 2.14 bits per heavy atom. The lowest BCUT2D eigenvalue weighted by atomic mass is 9.74. The number of ketones is 1. The van der Waals surface area contributed by atoms with Crippen molar-refractivity contribution < 1.29 is 24.2 Å². The van der Waals surface area contributed by atoms with Crippen LogP contribution in [0.5, 0.6) is 11.5 Å². The molecule has 6 nitrogen and oxygen atoms in total. The molecule has 0 saturated heterocycles. The first-order valence-corrected chi connectivity index (χ1v) is 10.2. The monoisotopic (exact) mass is 417 g/mol. The van der Waals surface area contributed by atoms with Crippen molar-refractivity contribution in [1.29, 1.82) is 0 Å². The van der Waals surface area contributed by atoms with E-state index in [9.17, 15) is 14.7 Å². The highest BCUT2D eigenvalue weighted by molar-refractivity contribution is 6.21. The number of hydrogen-bond acceptors (Lipinski definition) is 5. The van der Waals surface area contributed by atoms with Crippen LogP contribution in [0.25, 0.3) is 0 Å². The lowest BCUT2D eigenvalue weighted by molar-refractivity contribution is -0.135. The Morgan fingerprint density at radius 3 is 2.83 bits per heavy atom. The first kappa shape index (κ1) is 19.8. The fraction of sp³-hybridized carbons (Fsp3) is 0.455. The predicted octanol–water partition coefficient (Wildman–Crippen LogP) is 3.35. The predicted molar refractivity (Wildman–Crippen MR) is 108 cm³/mol. The Balaban J connectivity index is 1.80. The number of aromatic hydroxyl groups is 1. The molecule has 1 aromatic carbocycles. The molecular formula is C22H24ClNO5. The van der Waals surface area contributed by atoms with Gasteiger partial charge in [0.05, 0.1) is 24.6 Å². The van der Waals surface area contributed by atoms with Crippen LogP contribution >= 0.6 is 11.6 Å². The number of hydrogen-bond donors (Lipinski definition) is 1. The second-order valence-corrected chi connectivity index (χ2v) is 8.48. The summed E-state index contributed by atoms with van der Waals surface area (Å²) in [7, 11) is 1.45. The molecule has 0 aromatic heterocycles. The second-order valence-electron chi connectivity index (χ2n) is 7.91. The maximum atomic E-state index is 13.5. The highest BCUT2D eigenvalue weighted by Gasteiger charge is 2.53. The van der Waals surface area contributed by atoms with E-state index < -0.39 is 6.04 Å². The molecule has 2 aliphatic heterocycles. The number of fused-ring (bicyclic) bond motifs is 1. The molecule has 154 valence electrons. The number of halogens is 1. The SMILES string of the molecule is C=CCN1C(=O)C2=C(C(=O)C3CC(Cl)C(C)CC3O2)C1c1ccc(O)c(OC)c1. The minimum absolute atomic E-state index is 0.0115. The maximum Gasteiger partial charge on any atom is 0.290 e. The van der Waals surface area contributed by atoms with Crippen LogP contribution in [0.2, 0.25) is 0 Å². The smallest absolute Gasteiger partial charge is 0.290 e. The van der Waals surface area contributed by atoms with Gasteiger partial charge in [0.2, 0.25) is 0 Å². The van der Waals surface area contributed by atoms with E-state index in [4.69, 9.17) is 21.1 Å². The van der Waals surface area contributed by atoms with Crippen molar-refractivity contribution in [3.8, 4) is 11.5 Å². The summed E-state index contributed by atoms with van der Waals surface area (Å²) < 4.78 is 11.3. The van der Waals surface area contributed by atoms with E-state index in [1.54, 1.807) is 23.1 Å². The number of carbonyl (C=O) groups excluding carboxylic acids is 2. The topological polar surface area (TPSA) is 76.1 Å². The molecule has 1 saturated carbocycles. The minimum atomic E-state index is -0.619. The Kier molecular flexibility index (Phi) is 5.07. The van der Waals surface area contributed by atoms with E-state index in [1.165, 1.54) is 13.2 Å². The molecule has 0 bridgehead atoms. The molecule has 29 heavy (non-hydrogen) atoms. The number of alkyl halides is 1. The fourth-order valence-corrected chi connectivity index (χ4v) is 4.90. The number of Topliss-reactive ketones (excluding diaryl/α,β-unsaturated/α-hetero) is 1. The maximum absolute atomic E-state index is 13.5. The molecule has 5 atom stereocenters. The molecule has 1 fully saturated rings. The standard InChI is InChI=1S/C22H24ClNO5/c1-4-7-24-19(12-5-6-15(25)17(9-12)28-3)18-20(26)13-10-14(23)11(2)8-16(13)29-21(18)22(24)27/h4-6,9,11,13-14,16,19,25H,1,7-8,10H2,2-3H3. The summed E-state index contributed by atoms with van der Waals surface area (Å²) in [5, 5.41) is 9.85. The number of methoxy groups -OCH3 is 1. The molecule has 2 heterocycles. The summed E-state index contributed by atoms with van der Waals surface area (Å²) in [6.45, 7) is 6.05. The largest absolute Gasteiger partial charge is 0.504 e. The Bertz CT molecular complexity index is 910. The summed E-state index contributed by atoms with van der Waals surface area (Å²) in [6.07, 6.45) is 2.47. The molecule has 4 rings (SSSR count). The van der Waals surface area contributed by atoms with Gasteiger partial charge >= 0.3 is 0 Å². The number of benzene rings is 1. The van der Waals surface area contributed by atoms with Gasteiger partial charge in [-0.25, -0.2) is 0 Å². The first-order valence-electron chi connectivity index (χ1n) is 9.75. The number of phenolic OH excluding ortho intramolecular Hbond substituents is 1. The van der Waals surface area contributed by atoms with Crippen molar-refractivity contribution in [1.82, 2.24) is 4.90 Å². The Labute approximate surface area is 174 Å². The van der Waals surface area contributed by atoms with Crippen LogP contribution < -0.4 is 4.74 Å². The van der Waals surface area contributed by atoms with Gasteiger partial charge in [0, 0.05) is 11.9 Å². The minimum Gasteiger partial charge on any atom is -0.504 e. The van der Waals surface area contributed by atoms with Gasteiger partial charge in [0.1, 0.15) is 6.10 Å². The van der Waals surface area contributed by atoms with Crippen LogP contribution in [0.3, 0.4) is 0 Å². The van der Waals surface area contributed by atoms with Crippen molar-refractivity contribution in [3.63, 3.8) is 0 Å². The van der Waals surface area contributed by atoms with Gasteiger partial charge in [-0.05, 0) is 36.5 Å². The summed E-state index contributed by atoms with van der Waals surface area (Å²) >= 11 is 6.45. The van der Waals surface area contributed by atoms with E-state index in [2.05, 4.69) is 6.58 Å². The second kappa shape index (κ2) is 7.41. The third-order valence-electron chi connectivity index (χ3n) is 6.15. The number of ether oxygens (including phenoxy) is 2. The van der Waals surface area contributed by atoms with E-state index in [0.717, 1.165) is 0 Å². The van der Waals surface area contributed by atoms with Crippen molar-refractivity contribution in [2.45, 2.75) is 37.3 Å². The quantitative estimate of drug-likeness (QED) is 0.600. The summed E-state index contributed by atoms with van der Waals surface area (Å²) in [4.78, 5) is 28.2. The lowest BCUT2D eigenvalue weighted by Crippen LogP contribution is -2.44. The van der Waals surface area contributed by atoms with Gasteiger partial charge in [0.15, 0.2) is 23.0 Å². The number of phenols is 1. The van der Waals surface area contributed by atoms with Crippen LogP contribution in [-0.4, -0.2) is 46.8 Å². The highest BCUT2D eigenvalue weighted by Crippen LogP contribution is 2.48. The van der Waals surface area contributed by atoms with E-state index in [0.29, 0.717) is 24.0 Å². The van der Waals surface area contributed by atoms with Crippen LogP contribution in [0.4, 0.5) is 0 Å². The molecule has 7 heteroatoms. The molecule has 1 amide bonds. The van der Waals surface area contributed by atoms with Crippen molar-refractivity contribution in [2.75, 3.05) is 13.7 Å². The fourth-order valence-electron chi connectivity index (χ4n) is 4.60. The summed E-state index contributed by atoms with van der Waals surface area (Å²) in [5.41, 5.74) is 1.03. The van der Waals surface area contributed by atoms with E-state index in [-0.39, 0.29) is 58.8 Å². The Morgan fingerprint density at radius 1 is 1.38 bits per heavy atom. The first-order chi connectivity index (χ1) is 13.9. The number of nitrogens with zero attached hydrogens (tertiary/aromatic N) is 1. The molecule has 1 aromatic rings. The molecule has 3 aliphatic rings. The molecule has 1 N–H and O–H groups in total. The van der Waals surface area contributed by atoms with Crippen LogP contribution in [0.15, 0.2) is 42.2 Å². The number of amides is 1. The third-order valence-corrected chi connectivity index (χ3v) is 6.76. The van der Waals surface area contributed by atoms with Gasteiger partial charge in [-0.2, -0.15) is 0 Å². The summed E-state index contributed by atoms with van der Waals surface area (Å²) in [5.74, 6) is -0.138. The van der Waals surface area contributed by atoms with Gasteiger partial charge in [-0.3, -0.25) is 9.59 Å². The van der Waals surface area contributed by atoms with Crippen molar-refractivity contribution in [2.24, 2.45) is 11.8 Å².